The van der Waals surface area contributed by atoms with E-state index in [2.05, 4.69) is 80.7 Å². The number of hydrogen-bond donors (Lipinski definition) is 1. The Kier molecular flexibility index (Phi) is 4.03. The minimum atomic E-state index is 0.355. The molecule has 0 aliphatic rings. The highest BCUT2D eigenvalue weighted by Gasteiger charge is 2.14. The lowest BCUT2D eigenvalue weighted by Gasteiger charge is -2.24. The second-order valence-electron chi connectivity index (χ2n) is 5.14. The van der Waals surface area contributed by atoms with Gasteiger partial charge in [-0.15, -0.1) is 0 Å². The van der Waals surface area contributed by atoms with E-state index in [1.165, 1.54) is 16.8 Å². The Bertz CT molecular complexity index is 471. The second-order valence-corrected chi connectivity index (χ2v) is 5.14. The van der Waals surface area contributed by atoms with E-state index in [0.29, 0.717) is 12.0 Å². The second kappa shape index (κ2) is 5.72. The predicted molar refractivity (Wildman–Crippen MR) is 78.8 cm³/mol. The lowest BCUT2D eigenvalue weighted by Crippen LogP contribution is -2.16. The van der Waals surface area contributed by atoms with Crippen LogP contribution < -0.4 is 5.32 Å². The monoisotopic (exact) mass is 239 g/mol. The molecule has 1 atom stereocenters. The minimum absolute atomic E-state index is 0.355. The lowest BCUT2D eigenvalue weighted by molar-refractivity contribution is 0.546. The van der Waals surface area contributed by atoms with Crippen LogP contribution in [-0.4, -0.2) is 0 Å². The Labute approximate surface area is 110 Å². The molecule has 2 aromatic carbocycles. The van der Waals surface area contributed by atoms with Crippen LogP contribution in [0.2, 0.25) is 0 Å². The van der Waals surface area contributed by atoms with E-state index in [9.17, 15) is 0 Å². The smallest absolute Gasteiger partial charge is 0.0536 e. The summed E-state index contributed by atoms with van der Waals surface area (Å²) < 4.78 is 0. The van der Waals surface area contributed by atoms with Gasteiger partial charge >= 0.3 is 0 Å². The molecule has 0 amide bonds. The fraction of sp³-hybridized carbons (Fsp3) is 0.294. The molecular weight excluding hydrogens is 218 g/mol. The summed E-state index contributed by atoms with van der Waals surface area (Å²) in [5, 5.41) is 3.62. The normalized spacial score (nSPS) is 12.4. The van der Waals surface area contributed by atoms with Gasteiger partial charge in [-0.05, 0) is 30.5 Å². The Morgan fingerprint density at radius 2 is 1.44 bits per heavy atom. The van der Waals surface area contributed by atoms with Crippen molar-refractivity contribution in [1.29, 1.82) is 0 Å². The molecule has 1 heteroatoms. The maximum Gasteiger partial charge on any atom is 0.0536 e. The largest absolute Gasteiger partial charge is 0.378 e. The van der Waals surface area contributed by atoms with Crippen molar-refractivity contribution in [3.8, 4) is 0 Å². The van der Waals surface area contributed by atoms with Gasteiger partial charge in [0, 0.05) is 5.69 Å². The molecule has 2 rings (SSSR count). The summed E-state index contributed by atoms with van der Waals surface area (Å²) in [6.45, 7) is 6.61. The molecule has 0 heterocycles. The number of anilines is 1. The van der Waals surface area contributed by atoms with Crippen LogP contribution in [-0.2, 0) is 0 Å². The summed E-state index contributed by atoms with van der Waals surface area (Å²) in [5.41, 5.74) is 3.82. The standard InChI is InChI=1S/C17H21N/c1-13(2)17(15-7-5-4-6-8-15)18-16-11-9-14(3)10-12-16/h4-13,17-18H,1-3H3. The van der Waals surface area contributed by atoms with Crippen molar-refractivity contribution in [2.75, 3.05) is 5.32 Å². The van der Waals surface area contributed by atoms with Crippen molar-refractivity contribution >= 4 is 5.69 Å². The van der Waals surface area contributed by atoms with Crippen molar-refractivity contribution in [3.63, 3.8) is 0 Å². The van der Waals surface area contributed by atoms with Crippen molar-refractivity contribution in [2.45, 2.75) is 26.8 Å². The van der Waals surface area contributed by atoms with Crippen LogP contribution in [0.15, 0.2) is 54.6 Å². The molecule has 0 aliphatic heterocycles. The third-order valence-corrected chi connectivity index (χ3v) is 3.20. The molecule has 1 nitrogen and oxygen atoms in total. The number of hydrogen-bond acceptors (Lipinski definition) is 1. The Morgan fingerprint density at radius 1 is 0.833 bits per heavy atom. The molecule has 0 radical (unpaired) electrons. The maximum absolute atomic E-state index is 3.62. The molecule has 0 saturated heterocycles. The van der Waals surface area contributed by atoms with Gasteiger partial charge in [0.15, 0.2) is 0 Å². The van der Waals surface area contributed by atoms with Crippen LogP contribution in [0.4, 0.5) is 5.69 Å². The van der Waals surface area contributed by atoms with Crippen LogP contribution >= 0.6 is 0 Å². The Balaban J connectivity index is 2.19. The van der Waals surface area contributed by atoms with E-state index in [1.807, 2.05) is 0 Å². The molecule has 0 spiro atoms. The summed E-state index contributed by atoms with van der Waals surface area (Å²) in [6.07, 6.45) is 0. The Morgan fingerprint density at radius 3 is 2.00 bits per heavy atom. The van der Waals surface area contributed by atoms with Crippen LogP contribution in [0.3, 0.4) is 0 Å². The molecule has 0 saturated carbocycles. The molecule has 0 bridgehead atoms. The van der Waals surface area contributed by atoms with E-state index in [4.69, 9.17) is 0 Å². The van der Waals surface area contributed by atoms with Gasteiger partial charge in [0.1, 0.15) is 0 Å². The minimum Gasteiger partial charge on any atom is -0.378 e. The first-order chi connectivity index (χ1) is 8.66. The quantitative estimate of drug-likeness (QED) is 0.807. The number of aryl methyl sites for hydroxylation is 1. The van der Waals surface area contributed by atoms with Crippen LogP contribution in [0, 0.1) is 12.8 Å². The fourth-order valence-corrected chi connectivity index (χ4v) is 2.12. The fourth-order valence-electron chi connectivity index (χ4n) is 2.12. The maximum atomic E-state index is 3.62. The summed E-state index contributed by atoms with van der Waals surface area (Å²) >= 11 is 0. The van der Waals surface area contributed by atoms with E-state index >= 15 is 0 Å². The van der Waals surface area contributed by atoms with Gasteiger partial charge in [-0.1, -0.05) is 61.9 Å². The molecule has 0 aromatic heterocycles. The summed E-state index contributed by atoms with van der Waals surface area (Å²) in [6, 6.07) is 19.6. The van der Waals surface area contributed by atoms with Gasteiger partial charge in [0.05, 0.1) is 6.04 Å². The van der Waals surface area contributed by atoms with Gasteiger partial charge < -0.3 is 5.32 Å². The van der Waals surface area contributed by atoms with Gasteiger partial charge in [0.2, 0.25) is 0 Å². The third-order valence-electron chi connectivity index (χ3n) is 3.20. The molecule has 94 valence electrons. The molecule has 18 heavy (non-hydrogen) atoms. The summed E-state index contributed by atoms with van der Waals surface area (Å²) in [5.74, 6) is 0.550. The van der Waals surface area contributed by atoms with Gasteiger partial charge in [0.25, 0.3) is 0 Å². The van der Waals surface area contributed by atoms with Crippen molar-refractivity contribution in [2.24, 2.45) is 5.92 Å². The third kappa shape index (κ3) is 3.13. The van der Waals surface area contributed by atoms with Crippen LogP contribution in [0.1, 0.15) is 31.0 Å². The van der Waals surface area contributed by atoms with Gasteiger partial charge in [-0.3, -0.25) is 0 Å². The average molecular weight is 239 g/mol. The van der Waals surface area contributed by atoms with Crippen LogP contribution in [0.5, 0.6) is 0 Å². The SMILES string of the molecule is Cc1ccc(NC(c2ccccc2)C(C)C)cc1. The highest BCUT2D eigenvalue weighted by molar-refractivity contribution is 5.46. The van der Waals surface area contributed by atoms with Crippen molar-refractivity contribution < 1.29 is 0 Å². The van der Waals surface area contributed by atoms with Crippen LogP contribution in [0.25, 0.3) is 0 Å². The first-order valence-electron chi connectivity index (χ1n) is 6.55. The van der Waals surface area contributed by atoms with Crippen molar-refractivity contribution in [1.82, 2.24) is 0 Å². The lowest BCUT2D eigenvalue weighted by atomic mass is 9.96. The first-order valence-corrected chi connectivity index (χ1v) is 6.55. The van der Waals surface area contributed by atoms with E-state index in [0.717, 1.165) is 0 Å². The zero-order valence-corrected chi connectivity index (χ0v) is 11.4. The molecule has 2 aromatic rings. The number of rotatable bonds is 4. The molecule has 1 N–H and O–H groups in total. The molecule has 0 fully saturated rings. The van der Waals surface area contributed by atoms with E-state index in [-0.39, 0.29) is 0 Å². The zero-order valence-electron chi connectivity index (χ0n) is 11.4. The molecule has 1 unspecified atom stereocenters. The molecule has 0 aliphatic carbocycles. The van der Waals surface area contributed by atoms with Gasteiger partial charge in [-0.2, -0.15) is 0 Å². The topological polar surface area (TPSA) is 12.0 Å². The summed E-state index contributed by atoms with van der Waals surface area (Å²) in [7, 11) is 0. The average Bonchev–Trinajstić information content (AvgIpc) is 2.38. The number of nitrogens with one attached hydrogen (secondary N) is 1. The first kappa shape index (κ1) is 12.7. The Hall–Kier alpha value is -1.76. The summed E-state index contributed by atoms with van der Waals surface area (Å²) in [4.78, 5) is 0. The van der Waals surface area contributed by atoms with Gasteiger partial charge in [-0.25, -0.2) is 0 Å². The number of benzene rings is 2. The zero-order chi connectivity index (χ0) is 13.0. The van der Waals surface area contributed by atoms with E-state index < -0.39 is 0 Å². The highest BCUT2D eigenvalue weighted by Crippen LogP contribution is 2.26. The highest BCUT2D eigenvalue weighted by atomic mass is 14.9. The van der Waals surface area contributed by atoms with E-state index in [1.54, 1.807) is 0 Å². The predicted octanol–water partition coefficient (Wildman–Crippen LogP) is 4.80. The van der Waals surface area contributed by atoms with Crippen molar-refractivity contribution in [3.05, 3.63) is 65.7 Å². The molecular formula is C17H21N.